The fourth-order valence-corrected chi connectivity index (χ4v) is 1.42. The highest BCUT2D eigenvalue weighted by Crippen LogP contribution is 2.23. The fraction of sp³-hybridized carbons (Fsp3) is 1.00. The van der Waals surface area contributed by atoms with E-state index in [2.05, 4.69) is 20.8 Å². The molecular formula is C13H28O3. The maximum Gasteiger partial charge on any atom is 0.0742 e. The van der Waals surface area contributed by atoms with E-state index in [1.165, 1.54) is 32.6 Å². The molecule has 0 bridgehead atoms. The first-order valence-corrected chi connectivity index (χ1v) is 6.25. The Kier molecular flexibility index (Phi) is 7.98. The van der Waals surface area contributed by atoms with Crippen molar-refractivity contribution in [1.29, 1.82) is 0 Å². The third kappa shape index (κ3) is 10.4. The molecule has 16 heavy (non-hydrogen) atoms. The zero-order valence-corrected chi connectivity index (χ0v) is 11.2. The lowest BCUT2D eigenvalue weighted by Crippen LogP contribution is -2.19. The number of rotatable bonds is 3. The predicted molar refractivity (Wildman–Crippen MR) is 66.4 cm³/mol. The summed E-state index contributed by atoms with van der Waals surface area (Å²) < 4.78 is 5.77. The highest BCUT2D eigenvalue weighted by molar-refractivity contribution is 4.68. The Labute approximate surface area is 99.8 Å². The molecule has 3 nitrogen and oxygen atoms in total. The van der Waals surface area contributed by atoms with Gasteiger partial charge in [-0.05, 0) is 25.2 Å². The Morgan fingerprint density at radius 2 is 1.69 bits per heavy atom. The van der Waals surface area contributed by atoms with Gasteiger partial charge in [0.2, 0.25) is 0 Å². The van der Waals surface area contributed by atoms with Crippen LogP contribution < -0.4 is 0 Å². The number of aliphatic hydroxyl groups is 2. The van der Waals surface area contributed by atoms with E-state index < -0.39 is 6.10 Å². The van der Waals surface area contributed by atoms with Crippen LogP contribution in [0.15, 0.2) is 0 Å². The van der Waals surface area contributed by atoms with Crippen molar-refractivity contribution in [3.8, 4) is 0 Å². The zero-order valence-electron chi connectivity index (χ0n) is 11.2. The van der Waals surface area contributed by atoms with Crippen molar-refractivity contribution >= 4 is 0 Å². The predicted octanol–water partition coefficient (Wildman–Crippen LogP) is 2.35. The van der Waals surface area contributed by atoms with Crippen molar-refractivity contribution in [1.82, 2.24) is 0 Å². The van der Waals surface area contributed by atoms with Gasteiger partial charge in [-0.3, -0.25) is 0 Å². The molecule has 1 unspecified atom stereocenters. The van der Waals surface area contributed by atoms with E-state index in [9.17, 15) is 0 Å². The van der Waals surface area contributed by atoms with Crippen LogP contribution in [0.3, 0.4) is 0 Å². The lowest BCUT2D eigenvalue weighted by atomic mass is 9.98. The van der Waals surface area contributed by atoms with Gasteiger partial charge in [0, 0.05) is 0 Å². The van der Waals surface area contributed by atoms with Gasteiger partial charge in [-0.1, -0.05) is 33.6 Å². The van der Waals surface area contributed by atoms with Crippen LogP contribution in [0.25, 0.3) is 0 Å². The highest BCUT2D eigenvalue weighted by Gasteiger charge is 2.18. The highest BCUT2D eigenvalue weighted by atomic mass is 16.5. The van der Waals surface area contributed by atoms with Crippen LogP contribution in [-0.2, 0) is 4.74 Å². The van der Waals surface area contributed by atoms with E-state index in [4.69, 9.17) is 14.9 Å². The first-order chi connectivity index (χ1) is 7.35. The summed E-state index contributed by atoms with van der Waals surface area (Å²) in [5.74, 6) is 0. The van der Waals surface area contributed by atoms with Crippen molar-refractivity contribution in [2.75, 3.05) is 13.2 Å². The summed E-state index contributed by atoms with van der Waals surface area (Å²) in [6.45, 7) is 8.98. The van der Waals surface area contributed by atoms with Gasteiger partial charge >= 0.3 is 0 Å². The van der Waals surface area contributed by atoms with Crippen molar-refractivity contribution in [2.45, 2.75) is 65.6 Å². The molecule has 0 aromatic rings. The average Bonchev–Trinajstić information content (AvgIpc) is 2.67. The molecule has 1 fully saturated rings. The summed E-state index contributed by atoms with van der Waals surface area (Å²) in [6, 6.07) is 0. The van der Waals surface area contributed by atoms with Gasteiger partial charge in [0.15, 0.2) is 0 Å². The summed E-state index contributed by atoms with van der Waals surface area (Å²) in [5.41, 5.74) is 0.336. The molecule has 1 aliphatic carbocycles. The van der Waals surface area contributed by atoms with Gasteiger partial charge in [0.1, 0.15) is 0 Å². The monoisotopic (exact) mass is 232 g/mol. The molecule has 3 heteroatoms. The maximum atomic E-state index is 8.11. The molecule has 0 heterocycles. The second kappa shape index (κ2) is 8.04. The van der Waals surface area contributed by atoms with E-state index in [1.807, 2.05) is 0 Å². The molecule has 2 N–H and O–H groups in total. The Bertz CT molecular complexity index is 155. The van der Waals surface area contributed by atoms with E-state index >= 15 is 0 Å². The molecule has 0 amide bonds. The van der Waals surface area contributed by atoms with Crippen LogP contribution in [0.1, 0.15) is 53.4 Å². The molecule has 0 aliphatic heterocycles. The van der Waals surface area contributed by atoms with Gasteiger partial charge in [-0.25, -0.2) is 0 Å². The van der Waals surface area contributed by atoms with Crippen molar-refractivity contribution < 1.29 is 14.9 Å². The third-order valence-corrected chi connectivity index (χ3v) is 2.32. The molecule has 0 spiro atoms. The minimum Gasteiger partial charge on any atom is -0.394 e. The molecule has 0 radical (unpaired) electrons. The Morgan fingerprint density at radius 3 is 2.00 bits per heavy atom. The maximum absolute atomic E-state index is 8.11. The number of aliphatic hydroxyl groups excluding tert-OH is 2. The molecule has 1 rings (SSSR count). The van der Waals surface area contributed by atoms with Crippen LogP contribution in [0, 0.1) is 5.41 Å². The van der Waals surface area contributed by atoms with E-state index in [0.717, 1.165) is 6.61 Å². The molecule has 1 atom stereocenters. The second-order valence-corrected chi connectivity index (χ2v) is 5.81. The lowest BCUT2D eigenvalue weighted by molar-refractivity contribution is 0.0128. The van der Waals surface area contributed by atoms with Crippen molar-refractivity contribution in [3.63, 3.8) is 0 Å². The molecule has 0 aromatic carbocycles. The summed E-state index contributed by atoms with van der Waals surface area (Å²) >= 11 is 0. The lowest BCUT2D eigenvalue weighted by Gasteiger charge is -2.21. The summed E-state index contributed by atoms with van der Waals surface area (Å²) in [6.07, 6.45) is 5.33. The summed E-state index contributed by atoms with van der Waals surface area (Å²) in [7, 11) is 0. The quantitative estimate of drug-likeness (QED) is 0.785. The number of ether oxygens (including phenoxy) is 1. The molecular weight excluding hydrogens is 204 g/mol. The van der Waals surface area contributed by atoms with Crippen molar-refractivity contribution in [3.05, 3.63) is 0 Å². The zero-order chi connectivity index (χ0) is 12.6. The van der Waals surface area contributed by atoms with Gasteiger partial charge < -0.3 is 14.9 Å². The van der Waals surface area contributed by atoms with Crippen LogP contribution >= 0.6 is 0 Å². The third-order valence-electron chi connectivity index (χ3n) is 2.32. The topological polar surface area (TPSA) is 49.7 Å². The van der Waals surface area contributed by atoms with Gasteiger partial charge in [-0.15, -0.1) is 0 Å². The van der Waals surface area contributed by atoms with Crippen LogP contribution in [0.2, 0.25) is 0 Å². The molecule has 98 valence electrons. The largest absolute Gasteiger partial charge is 0.394 e. The Morgan fingerprint density at radius 1 is 1.25 bits per heavy atom. The van der Waals surface area contributed by atoms with Crippen LogP contribution in [0.4, 0.5) is 0 Å². The molecule has 1 aliphatic rings. The van der Waals surface area contributed by atoms with Crippen LogP contribution in [-0.4, -0.2) is 35.6 Å². The van der Waals surface area contributed by atoms with Gasteiger partial charge in [-0.2, -0.15) is 0 Å². The normalized spacial score (nSPS) is 19.1. The van der Waals surface area contributed by atoms with Gasteiger partial charge in [0.05, 0.1) is 25.4 Å². The second-order valence-electron chi connectivity index (χ2n) is 5.81. The molecule has 1 saturated carbocycles. The first kappa shape index (κ1) is 15.9. The number of hydrogen-bond acceptors (Lipinski definition) is 3. The standard InChI is InChI=1S/C10H20O.C3H8O2/c1-10(2,3)8-11-9-6-4-5-7-9;1-3(5)2-4/h9H,4-8H2,1-3H3;3-5H,2H2,1H3. The average molecular weight is 232 g/mol. The smallest absolute Gasteiger partial charge is 0.0742 e. The minimum atomic E-state index is -0.560. The van der Waals surface area contributed by atoms with Gasteiger partial charge in [0.25, 0.3) is 0 Å². The molecule has 0 saturated heterocycles. The van der Waals surface area contributed by atoms with E-state index in [-0.39, 0.29) is 6.61 Å². The fourth-order valence-electron chi connectivity index (χ4n) is 1.42. The molecule has 0 aromatic heterocycles. The summed E-state index contributed by atoms with van der Waals surface area (Å²) in [4.78, 5) is 0. The SMILES string of the molecule is CC(C)(C)COC1CCCC1.CC(O)CO. The van der Waals surface area contributed by atoms with E-state index in [1.54, 1.807) is 0 Å². The van der Waals surface area contributed by atoms with Crippen LogP contribution in [0.5, 0.6) is 0 Å². The first-order valence-electron chi connectivity index (χ1n) is 6.25. The number of hydrogen-bond donors (Lipinski definition) is 2. The summed E-state index contributed by atoms with van der Waals surface area (Å²) in [5, 5.41) is 16.0. The minimum absolute atomic E-state index is 0.139. The Hall–Kier alpha value is -0.120. The van der Waals surface area contributed by atoms with E-state index in [0.29, 0.717) is 11.5 Å². The van der Waals surface area contributed by atoms with Crippen molar-refractivity contribution in [2.24, 2.45) is 5.41 Å². The Balaban J connectivity index is 0.000000385.